The number of alkyl halides is 1. The van der Waals surface area contributed by atoms with Gasteiger partial charge in [-0.25, -0.2) is 9.18 Å². The maximum Gasteiger partial charge on any atom is 0.335 e. The van der Waals surface area contributed by atoms with E-state index in [1.807, 2.05) is 18.3 Å². The second kappa shape index (κ2) is 8.60. The van der Waals surface area contributed by atoms with Crippen molar-refractivity contribution in [3.63, 3.8) is 0 Å². The van der Waals surface area contributed by atoms with Crippen LogP contribution in [0, 0.1) is 19.8 Å². The number of piperidine rings is 1. The zero-order valence-corrected chi connectivity index (χ0v) is 19.5. The van der Waals surface area contributed by atoms with Gasteiger partial charge in [0.25, 0.3) is 0 Å². The number of nitrogens with zero attached hydrogens (tertiary/aromatic N) is 1. The van der Waals surface area contributed by atoms with E-state index in [1.54, 1.807) is 12.1 Å². The molecule has 3 aromatic rings. The van der Waals surface area contributed by atoms with E-state index in [9.17, 15) is 14.3 Å². The van der Waals surface area contributed by atoms with Crippen molar-refractivity contribution in [1.29, 1.82) is 0 Å². The average Bonchev–Trinajstić information content (AvgIpc) is 3.27. The van der Waals surface area contributed by atoms with Crippen molar-refractivity contribution < 1.29 is 14.3 Å². The summed E-state index contributed by atoms with van der Waals surface area (Å²) in [7, 11) is 0. The van der Waals surface area contributed by atoms with Crippen LogP contribution < -0.4 is 0 Å². The minimum Gasteiger partial charge on any atom is -0.478 e. The summed E-state index contributed by atoms with van der Waals surface area (Å²) in [6.07, 6.45) is 6.36. The molecule has 1 aliphatic heterocycles. The fourth-order valence-corrected chi connectivity index (χ4v) is 6.00. The summed E-state index contributed by atoms with van der Waals surface area (Å²) in [6, 6.07) is 11.8. The molecule has 2 N–H and O–H groups in total. The molecule has 5 heteroatoms. The first-order valence-electron chi connectivity index (χ1n) is 12.1. The van der Waals surface area contributed by atoms with Gasteiger partial charge >= 0.3 is 5.97 Å². The number of carboxylic acid groups (broad SMARTS) is 1. The smallest absolute Gasteiger partial charge is 0.335 e. The topological polar surface area (TPSA) is 56.3 Å². The molecule has 1 aliphatic carbocycles. The molecule has 2 atom stereocenters. The predicted octanol–water partition coefficient (Wildman–Crippen LogP) is 6.02. The number of likely N-dealkylation sites (tertiary alicyclic amines) is 1. The van der Waals surface area contributed by atoms with Crippen LogP contribution in [0.2, 0.25) is 0 Å². The number of benzene rings is 2. The van der Waals surface area contributed by atoms with Gasteiger partial charge in [-0.3, -0.25) is 4.90 Å². The Bertz CT molecular complexity index is 1160. The van der Waals surface area contributed by atoms with Crippen molar-refractivity contribution in [2.45, 2.75) is 57.5 Å². The molecule has 0 bridgehead atoms. The van der Waals surface area contributed by atoms with E-state index in [4.69, 9.17) is 0 Å². The van der Waals surface area contributed by atoms with Gasteiger partial charge in [0, 0.05) is 30.2 Å². The van der Waals surface area contributed by atoms with E-state index in [-0.39, 0.29) is 5.92 Å². The van der Waals surface area contributed by atoms with Gasteiger partial charge < -0.3 is 10.1 Å². The maximum atomic E-state index is 14.9. The lowest BCUT2D eigenvalue weighted by Gasteiger charge is -2.44. The van der Waals surface area contributed by atoms with Crippen molar-refractivity contribution in [3.05, 3.63) is 70.4 Å². The number of aromatic carboxylic acids is 1. The van der Waals surface area contributed by atoms with Gasteiger partial charge in [0.15, 0.2) is 0 Å². The van der Waals surface area contributed by atoms with E-state index in [0.717, 1.165) is 37.9 Å². The second-order valence-corrected chi connectivity index (χ2v) is 10.3. The number of halogens is 1. The van der Waals surface area contributed by atoms with Crippen molar-refractivity contribution in [1.82, 2.24) is 9.88 Å². The number of nitrogens with one attached hydrogen (secondary N) is 1. The number of H-pyrrole nitrogens is 1. The minimum atomic E-state index is -1.02. The van der Waals surface area contributed by atoms with Gasteiger partial charge in [0.05, 0.1) is 5.56 Å². The number of rotatable bonds is 6. The molecule has 0 radical (unpaired) electrons. The van der Waals surface area contributed by atoms with Crippen molar-refractivity contribution in [2.75, 3.05) is 19.6 Å². The van der Waals surface area contributed by atoms with Crippen molar-refractivity contribution >= 4 is 16.9 Å². The fourth-order valence-electron chi connectivity index (χ4n) is 6.00. The Morgan fingerprint density at radius 2 is 1.94 bits per heavy atom. The quantitative estimate of drug-likeness (QED) is 0.485. The molecule has 2 heterocycles. The molecule has 2 aliphatic rings. The minimum absolute atomic E-state index is 0.250. The Balaban J connectivity index is 1.45. The standard InChI is InChI=1S/C28H33FN2O2/c1-18-14-19(2)26-23(8-12-30-26)24(18)15-22-9-13-31(17-28(29)10-3-11-28)16-25(22)20-4-6-21(7-5-20)27(32)33/h4-8,12,14,22,25,30H,3,9-11,13,15-17H2,1-2H3,(H,32,33)/t22-,25-/m0/s1. The van der Waals surface area contributed by atoms with Gasteiger partial charge in [-0.15, -0.1) is 0 Å². The molecule has 33 heavy (non-hydrogen) atoms. The Morgan fingerprint density at radius 1 is 1.18 bits per heavy atom. The fraction of sp³-hybridized carbons (Fsp3) is 0.464. The SMILES string of the molecule is Cc1cc(C)c2[nH]ccc2c1C[C@@H]1CCN(CC2(F)CCC2)C[C@H]1c1ccc(C(=O)O)cc1. The monoisotopic (exact) mass is 448 g/mol. The van der Waals surface area contributed by atoms with Gasteiger partial charge in [-0.2, -0.15) is 0 Å². The maximum absolute atomic E-state index is 14.9. The van der Waals surface area contributed by atoms with Crippen LogP contribution in [0.25, 0.3) is 10.9 Å². The molecule has 1 aromatic heterocycles. The van der Waals surface area contributed by atoms with Gasteiger partial charge in [0.1, 0.15) is 5.67 Å². The lowest BCUT2D eigenvalue weighted by Crippen LogP contribution is -2.49. The zero-order valence-electron chi connectivity index (χ0n) is 19.5. The first kappa shape index (κ1) is 22.1. The molecule has 2 aromatic carbocycles. The van der Waals surface area contributed by atoms with E-state index in [0.29, 0.717) is 30.9 Å². The van der Waals surface area contributed by atoms with Crippen molar-refractivity contribution in [3.8, 4) is 0 Å². The van der Waals surface area contributed by atoms with Crippen LogP contribution in [0.3, 0.4) is 0 Å². The van der Waals surface area contributed by atoms with E-state index >= 15 is 0 Å². The molecule has 0 amide bonds. The molecular weight excluding hydrogens is 415 g/mol. The number of hydrogen-bond donors (Lipinski definition) is 2. The van der Waals surface area contributed by atoms with E-state index in [1.165, 1.54) is 27.6 Å². The van der Waals surface area contributed by atoms with E-state index < -0.39 is 11.6 Å². The highest BCUT2D eigenvalue weighted by molar-refractivity contribution is 5.88. The molecule has 1 saturated heterocycles. The summed E-state index contributed by atoms with van der Waals surface area (Å²) in [5.41, 5.74) is 5.63. The van der Waals surface area contributed by atoms with Gasteiger partial charge in [-0.05, 0) is 105 Å². The average molecular weight is 449 g/mol. The number of aromatic nitrogens is 1. The summed E-state index contributed by atoms with van der Waals surface area (Å²) in [6.45, 7) is 6.61. The highest BCUT2D eigenvalue weighted by Gasteiger charge is 2.41. The molecular formula is C28H33FN2O2. The van der Waals surface area contributed by atoms with Crippen LogP contribution in [-0.2, 0) is 6.42 Å². The summed E-state index contributed by atoms with van der Waals surface area (Å²) >= 11 is 0. The summed E-state index contributed by atoms with van der Waals surface area (Å²) < 4.78 is 14.9. The number of carboxylic acids is 1. The Labute approximate surface area is 194 Å². The van der Waals surface area contributed by atoms with Gasteiger partial charge in [-0.1, -0.05) is 18.2 Å². The first-order valence-corrected chi connectivity index (χ1v) is 12.1. The van der Waals surface area contributed by atoms with Gasteiger partial charge in [0.2, 0.25) is 0 Å². The van der Waals surface area contributed by atoms with Crippen LogP contribution in [0.5, 0.6) is 0 Å². The first-order chi connectivity index (χ1) is 15.8. The third-order valence-electron chi connectivity index (χ3n) is 8.02. The third-order valence-corrected chi connectivity index (χ3v) is 8.02. The summed E-state index contributed by atoms with van der Waals surface area (Å²) in [4.78, 5) is 17.1. The normalized spacial score (nSPS) is 22.9. The molecule has 5 rings (SSSR count). The number of carbonyl (C=O) groups is 1. The second-order valence-electron chi connectivity index (χ2n) is 10.3. The third kappa shape index (κ3) is 4.31. The zero-order chi connectivity index (χ0) is 23.2. The summed E-state index contributed by atoms with van der Waals surface area (Å²) in [5, 5.41) is 10.6. The van der Waals surface area contributed by atoms with E-state index in [2.05, 4.69) is 35.9 Å². The lowest BCUT2D eigenvalue weighted by molar-refractivity contribution is 0.00587. The Kier molecular flexibility index (Phi) is 5.77. The molecule has 2 fully saturated rings. The lowest BCUT2D eigenvalue weighted by atomic mass is 9.75. The number of fused-ring (bicyclic) bond motifs is 1. The molecule has 174 valence electrons. The van der Waals surface area contributed by atoms with Crippen LogP contribution >= 0.6 is 0 Å². The molecule has 4 nitrogen and oxygen atoms in total. The largest absolute Gasteiger partial charge is 0.478 e. The predicted molar refractivity (Wildman–Crippen MR) is 130 cm³/mol. The summed E-state index contributed by atoms with van der Waals surface area (Å²) in [5.74, 6) is -0.230. The van der Waals surface area contributed by atoms with Crippen LogP contribution in [0.4, 0.5) is 4.39 Å². The van der Waals surface area contributed by atoms with Crippen LogP contribution in [-0.4, -0.2) is 46.3 Å². The highest BCUT2D eigenvalue weighted by atomic mass is 19.1. The molecule has 1 saturated carbocycles. The van der Waals surface area contributed by atoms with Crippen LogP contribution in [0.1, 0.15) is 64.2 Å². The number of hydrogen-bond acceptors (Lipinski definition) is 2. The number of aryl methyl sites for hydroxylation is 2. The molecule has 0 spiro atoms. The highest BCUT2D eigenvalue weighted by Crippen LogP contribution is 2.41. The Hall–Kier alpha value is -2.66. The van der Waals surface area contributed by atoms with Crippen molar-refractivity contribution in [2.24, 2.45) is 5.92 Å². The van der Waals surface area contributed by atoms with Crippen LogP contribution in [0.15, 0.2) is 42.6 Å². The Morgan fingerprint density at radius 3 is 2.61 bits per heavy atom. The molecule has 0 unspecified atom stereocenters. The number of aromatic amines is 1.